The number of benzene rings is 1. The number of aromatic nitrogens is 2. The molecular weight excluding hydrogens is 344 g/mol. The molecule has 0 aliphatic carbocycles. The smallest absolute Gasteiger partial charge is 0.416 e. The van der Waals surface area contributed by atoms with Crippen molar-refractivity contribution in [2.75, 3.05) is 0 Å². The van der Waals surface area contributed by atoms with Gasteiger partial charge in [-0.25, -0.2) is 14.2 Å². The average molecular weight is 352 g/mol. The lowest BCUT2D eigenvalue weighted by molar-refractivity contribution is -0.137. The van der Waals surface area contributed by atoms with Crippen molar-refractivity contribution in [3.8, 4) is 0 Å². The minimum absolute atomic E-state index is 0.108. The molecule has 2 heterocycles. The molecule has 0 unspecified atom stereocenters. The van der Waals surface area contributed by atoms with E-state index in [0.717, 1.165) is 34.9 Å². The van der Waals surface area contributed by atoms with Crippen LogP contribution in [-0.2, 0) is 6.18 Å². The third-order valence-corrected chi connectivity index (χ3v) is 3.19. The number of imidazole rings is 1. The van der Waals surface area contributed by atoms with Crippen LogP contribution in [0.4, 0.5) is 29.1 Å². The summed E-state index contributed by atoms with van der Waals surface area (Å²) in [7, 11) is 0. The molecule has 0 atom stereocenters. The lowest BCUT2D eigenvalue weighted by Crippen LogP contribution is -2.03. The van der Waals surface area contributed by atoms with Gasteiger partial charge in [-0.2, -0.15) is 13.2 Å². The zero-order valence-corrected chi connectivity index (χ0v) is 12.2. The van der Waals surface area contributed by atoms with Crippen molar-refractivity contribution < 1.29 is 27.5 Å². The summed E-state index contributed by atoms with van der Waals surface area (Å²) in [5.74, 6) is -2.40. The van der Waals surface area contributed by atoms with Gasteiger partial charge in [-0.15, -0.1) is 10.2 Å². The molecule has 2 aromatic heterocycles. The Morgan fingerprint density at radius 1 is 1.16 bits per heavy atom. The van der Waals surface area contributed by atoms with Gasteiger partial charge >= 0.3 is 12.1 Å². The molecule has 0 aliphatic heterocycles. The summed E-state index contributed by atoms with van der Waals surface area (Å²) < 4.78 is 52.5. The van der Waals surface area contributed by atoms with Gasteiger partial charge in [-0.05, 0) is 30.3 Å². The number of halogens is 4. The highest BCUT2D eigenvalue weighted by molar-refractivity contribution is 5.91. The Labute approximate surface area is 137 Å². The van der Waals surface area contributed by atoms with E-state index >= 15 is 0 Å². The molecule has 0 spiro atoms. The van der Waals surface area contributed by atoms with E-state index in [0.29, 0.717) is 0 Å². The van der Waals surface area contributed by atoms with E-state index in [1.165, 1.54) is 12.1 Å². The molecule has 1 N–H and O–H groups in total. The highest BCUT2D eigenvalue weighted by Crippen LogP contribution is 2.32. The lowest BCUT2D eigenvalue weighted by atomic mass is 10.2. The second kappa shape index (κ2) is 5.96. The zero-order valence-electron chi connectivity index (χ0n) is 12.2. The molecule has 3 rings (SSSR count). The minimum atomic E-state index is -4.55. The Bertz CT molecular complexity index is 995. The molecule has 0 radical (unpaired) electrons. The Morgan fingerprint density at radius 2 is 1.92 bits per heavy atom. The fourth-order valence-electron chi connectivity index (χ4n) is 2.09. The van der Waals surface area contributed by atoms with E-state index in [2.05, 4.69) is 15.2 Å². The number of rotatable bonds is 3. The van der Waals surface area contributed by atoms with E-state index in [1.807, 2.05) is 0 Å². The van der Waals surface area contributed by atoms with Crippen LogP contribution in [0.5, 0.6) is 0 Å². The first kappa shape index (κ1) is 16.6. The summed E-state index contributed by atoms with van der Waals surface area (Å²) in [6.45, 7) is 0. The van der Waals surface area contributed by atoms with Crippen LogP contribution in [0.1, 0.15) is 16.1 Å². The molecule has 0 aliphatic rings. The summed E-state index contributed by atoms with van der Waals surface area (Å²) in [5.41, 5.74) is -1.46. The fourth-order valence-corrected chi connectivity index (χ4v) is 2.09. The average Bonchev–Trinajstić information content (AvgIpc) is 2.90. The number of carbonyl (C=O) groups is 1. The standard InChI is InChI=1S/C15H8F4N4O2/c16-9-4-5-11-20-12(14(24)25)13(23(11)7-9)22-21-10-3-1-2-8(6-10)15(17,18)19/h1-7H,(H,24,25). The van der Waals surface area contributed by atoms with Crippen molar-refractivity contribution in [1.29, 1.82) is 0 Å². The number of alkyl halides is 3. The number of carboxylic acids is 1. The first-order valence-electron chi connectivity index (χ1n) is 6.75. The topological polar surface area (TPSA) is 79.3 Å². The molecule has 6 nitrogen and oxygen atoms in total. The Hall–Kier alpha value is -3.30. The summed E-state index contributed by atoms with van der Waals surface area (Å²) >= 11 is 0. The third-order valence-electron chi connectivity index (χ3n) is 3.19. The largest absolute Gasteiger partial charge is 0.476 e. The maximum Gasteiger partial charge on any atom is 0.416 e. The number of azo groups is 1. The van der Waals surface area contributed by atoms with Gasteiger partial charge in [-0.3, -0.25) is 4.40 Å². The van der Waals surface area contributed by atoms with Crippen LogP contribution in [0.2, 0.25) is 0 Å². The Balaban J connectivity index is 2.08. The third kappa shape index (κ3) is 3.32. The zero-order chi connectivity index (χ0) is 18.2. The van der Waals surface area contributed by atoms with Gasteiger partial charge in [0.15, 0.2) is 11.5 Å². The highest BCUT2D eigenvalue weighted by Gasteiger charge is 2.30. The van der Waals surface area contributed by atoms with Crippen LogP contribution in [0.15, 0.2) is 52.8 Å². The van der Waals surface area contributed by atoms with Crippen LogP contribution >= 0.6 is 0 Å². The number of fused-ring (bicyclic) bond motifs is 1. The summed E-state index contributed by atoms with van der Waals surface area (Å²) in [6, 6.07) is 6.36. The van der Waals surface area contributed by atoms with E-state index in [9.17, 15) is 22.4 Å². The lowest BCUT2D eigenvalue weighted by Gasteiger charge is -2.05. The van der Waals surface area contributed by atoms with E-state index in [4.69, 9.17) is 5.11 Å². The van der Waals surface area contributed by atoms with Gasteiger partial charge in [0.1, 0.15) is 11.5 Å². The molecule has 0 bridgehead atoms. The quantitative estimate of drug-likeness (QED) is 0.552. The Kier molecular flexibility index (Phi) is 3.95. The van der Waals surface area contributed by atoms with Gasteiger partial charge in [0.05, 0.1) is 11.3 Å². The molecule has 25 heavy (non-hydrogen) atoms. The molecule has 3 aromatic rings. The van der Waals surface area contributed by atoms with E-state index in [-0.39, 0.29) is 17.2 Å². The summed E-state index contributed by atoms with van der Waals surface area (Å²) in [5, 5.41) is 16.4. The minimum Gasteiger partial charge on any atom is -0.476 e. The Morgan fingerprint density at radius 3 is 2.60 bits per heavy atom. The predicted octanol–water partition coefficient (Wildman–Crippen LogP) is 4.61. The number of pyridine rings is 1. The maximum atomic E-state index is 13.4. The van der Waals surface area contributed by atoms with Gasteiger partial charge < -0.3 is 5.11 Å². The second-order valence-corrected chi connectivity index (χ2v) is 4.91. The monoisotopic (exact) mass is 352 g/mol. The molecule has 0 saturated heterocycles. The van der Waals surface area contributed by atoms with Crippen molar-refractivity contribution in [1.82, 2.24) is 9.38 Å². The van der Waals surface area contributed by atoms with Gasteiger partial charge in [0.25, 0.3) is 0 Å². The van der Waals surface area contributed by atoms with E-state index in [1.54, 1.807) is 0 Å². The van der Waals surface area contributed by atoms with Crippen molar-refractivity contribution in [3.63, 3.8) is 0 Å². The maximum absolute atomic E-state index is 13.4. The molecule has 0 amide bonds. The summed E-state index contributed by atoms with van der Waals surface area (Å²) in [4.78, 5) is 15.0. The van der Waals surface area contributed by atoms with E-state index < -0.39 is 29.2 Å². The number of nitrogens with zero attached hydrogens (tertiary/aromatic N) is 4. The molecule has 1 aromatic carbocycles. The molecule has 10 heteroatoms. The van der Waals surface area contributed by atoms with Gasteiger partial charge in [0.2, 0.25) is 0 Å². The SMILES string of the molecule is O=C(O)c1nc2ccc(F)cn2c1N=Nc1cccc(C(F)(F)F)c1. The molecule has 0 fully saturated rings. The van der Waals surface area contributed by atoms with Gasteiger partial charge in [0, 0.05) is 6.20 Å². The first-order chi connectivity index (χ1) is 11.8. The van der Waals surface area contributed by atoms with Crippen LogP contribution in [-0.4, -0.2) is 20.5 Å². The van der Waals surface area contributed by atoms with Crippen LogP contribution in [0.3, 0.4) is 0 Å². The molecule has 0 saturated carbocycles. The predicted molar refractivity (Wildman–Crippen MR) is 77.7 cm³/mol. The van der Waals surface area contributed by atoms with Gasteiger partial charge in [-0.1, -0.05) is 6.07 Å². The normalized spacial score (nSPS) is 12.2. The number of carboxylic acid groups (broad SMARTS) is 1. The van der Waals surface area contributed by atoms with Crippen molar-refractivity contribution in [2.45, 2.75) is 6.18 Å². The second-order valence-electron chi connectivity index (χ2n) is 4.91. The number of aromatic carboxylic acids is 1. The van der Waals surface area contributed by atoms with Crippen molar-refractivity contribution in [3.05, 3.63) is 59.7 Å². The first-order valence-corrected chi connectivity index (χ1v) is 6.75. The van der Waals surface area contributed by atoms with Crippen LogP contribution in [0.25, 0.3) is 5.65 Å². The number of hydrogen-bond acceptors (Lipinski definition) is 4. The fraction of sp³-hybridized carbons (Fsp3) is 0.0667. The molecular formula is C15H8F4N4O2. The van der Waals surface area contributed by atoms with Crippen molar-refractivity contribution >= 4 is 23.1 Å². The number of hydrogen-bond donors (Lipinski definition) is 1. The molecule has 128 valence electrons. The van der Waals surface area contributed by atoms with Crippen molar-refractivity contribution in [2.24, 2.45) is 10.2 Å². The summed E-state index contributed by atoms with van der Waals surface area (Å²) in [6.07, 6.45) is -3.60. The van der Waals surface area contributed by atoms with Crippen LogP contribution in [0, 0.1) is 5.82 Å². The van der Waals surface area contributed by atoms with Crippen LogP contribution < -0.4 is 0 Å². The highest BCUT2D eigenvalue weighted by atomic mass is 19.4.